The van der Waals surface area contributed by atoms with Crippen LogP contribution in [0.2, 0.25) is 0 Å². The topological polar surface area (TPSA) is 101 Å². The molecule has 2 aromatic rings. The van der Waals surface area contributed by atoms with Crippen LogP contribution in [-0.2, 0) is 4.79 Å². The highest BCUT2D eigenvalue weighted by Gasteiger charge is 2.20. The highest BCUT2D eigenvalue weighted by molar-refractivity contribution is 8.00. The van der Waals surface area contributed by atoms with Gasteiger partial charge in [-0.2, -0.15) is 0 Å². The third-order valence-corrected chi connectivity index (χ3v) is 4.55. The molecule has 23 heavy (non-hydrogen) atoms. The van der Waals surface area contributed by atoms with E-state index in [0.717, 1.165) is 16.8 Å². The van der Waals surface area contributed by atoms with Gasteiger partial charge in [-0.15, -0.1) is 0 Å². The number of hydrogen-bond donors (Lipinski definition) is 3. The predicted octanol–water partition coefficient (Wildman–Crippen LogP) is 2.48. The number of aryl methyl sites for hydroxylation is 2. The van der Waals surface area contributed by atoms with Crippen molar-refractivity contribution in [3.05, 3.63) is 45.7 Å². The number of carbonyl (C=O) groups excluding carboxylic acids is 1. The Morgan fingerprint density at radius 2 is 2.13 bits per heavy atom. The molecule has 0 aliphatic rings. The number of anilines is 2. The van der Waals surface area contributed by atoms with Crippen LogP contribution < -0.4 is 16.6 Å². The lowest BCUT2D eigenvalue weighted by Crippen LogP contribution is -2.25. The van der Waals surface area contributed by atoms with E-state index in [1.54, 1.807) is 0 Å². The van der Waals surface area contributed by atoms with Gasteiger partial charge in [0.25, 0.3) is 5.56 Å². The van der Waals surface area contributed by atoms with E-state index in [9.17, 15) is 9.59 Å². The van der Waals surface area contributed by atoms with E-state index in [0.29, 0.717) is 11.6 Å². The van der Waals surface area contributed by atoms with Crippen molar-refractivity contribution < 1.29 is 4.79 Å². The van der Waals surface area contributed by atoms with E-state index < -0.39 is 0 Å². The van der Waals surface area contributed by atoms with Crippen LogP contribution in [0.3, 0.4) is 0 Å². The van der Waals surface area contributed by atoms with Crippen LogP contribution in [0.1, 0.15) is 24.5 Å². The van der Waals surface area contributed by atoms with Crippen LogP contribution in [0.15, 0.2) is 34.2 Å². The molecule has 1 atom stereocenters. The number of H-pyrrole nitrogens is 1. The fourth-order valence-electron chi connectivity index (χ4n) is 2.13. The van der Waals surface area contributed by atoms with Crippen LogP contribution >= 0.6 is 11.8 Å². The number of nitrogens with one attached hydrogen (secondary N) is 2. The summed E-state index contributed by atoms with van der Waals surface area (Å²) in [7, 11) is 0. The Bertz CT molecular complexity index is 773. The second kappa shape index (κ2) is 7.32. The Morgan fingerprint density at radius 1 is 1.39 bits per heavy atom. The maximum Gasteiger partial charge on any atom is 0.253 e. The molecular weight excluding hydrogens is 312 g/mol. The van der Waals surface area contributed by atoms with Gasteiger partial charge in [-0.05, 0) is 31.9 Å². The summed E-state index contributed by atoms with van der Waals surface area (Å²) in [6, 6.07) is 7.07. The molecule has 1 aromatic heterocycles. The van der Waals surface area contributed by atoms with Crippen molar-refractivity contribution >= 4 is 29.2 Å². The minimum atomic E-state index is -0.374. The first-order valence-corrected chi connectivity index (χ1v) is 8.18. The number of nitrogen functional groups attached to an aromatic ring is 1. The molecule has 0 spiro atoms. The van der Waals surface area contributed by atoms with E-state index in [1.165, 1.54) is 17.8 Å². The maximum absolute atomic E-state index is 12.5. The van der Waals surface area contributed by atoms with E-state index in [1.807, 2.05) is 39.0 Å². The van der Waals surface area contributed by atoms with Gasteiger partial charge < -0.3 is 16.0 Å². The lowest BCUT2D eigenvalue weighted by atomic mass is 10.1. The first-order valence-electron chi connectivity index (χ1n) is 7.30. The maximum atomic E-state index is 12.5. The fourth-order valence-corrected chi connectivity index (χ4v) is 3.05. The number of thioether (sulfide) groups is 1. The molecular formula is C16H20N4O2S. The molecule has 1 aromatic carbocycles. The monoisotopic (exact) mass is 332 g/mol. The zero-order valence-electron chi connectivity index (χ0n) is 13.3. The van der Waals surface area contributed by atoms with Gasteiger partial charge in [-0.1, -0.05) is 36.4 Å². The molecule has 1 unspecified atom stereocenters. The second-order valence-corrected chi connectivity index (χ2v) is 6.49. The lowest BCUT2D eigenvalue weighted by Gasteiger charge is -2.15. The van der Waals surface area contributed by atoms with Gasteiger partial charge in [0.05, 0.1) is 5.25 Å². The number of rotatable bonds is 5. The molecule has 2 rings (SSSR count). The summed E-state index contributed by atoms with van der Waals surface area (Å²) in [4.78, 5) is 30.5. The normalized spacial score (nSPS) is 12.0. The molecule has 7 heteroatoms. The number of carbonyl (C=O) groups is 1. The number of nitrogens with two attached hydrogens (primary N) is 1. The van der Waals surface area contributed by atoms with Gasteiger partial charge in [-0.25, -0.2) is 4.98 Å². The standard InChI is InChI=1S/C16H20N4O2S/c1-4-12(23-16-19-13(17)8-14(21)20-16)15(22)18-11-6-5-9(2)7-10(11)3/h5-8,12H,4H2,1-3H3,(H,18,22)(H3,17,19,20,21). The fraction of sp³-hybridized carbons (Fsp3) is 0.312. The van der Waals surface area contributed by atoms with E-state index in [-0.39, 0.29) is 22.5 Å². The molecule has 1 amide bonds. The van der Waals surface area contributed by atoms with Gasteiger partial charge in [0.1, 0.15) is 5.82 Å². The van der Waals surface area contributed by atoms with Crippen LogP contribution in [0.25, 0.3) is 0 Å². The number of amides is 1. The lowest BCUT2D eigenvalue weighted by molar-refractivity contribution is -0.115. The quantitative estimate of drug-likeness (QED) is 0.577. The van der Waals surface area contributed by atoms with Gasteiger partial charge >= 0.3 is 0 Å². The highest BCUT2D eigenvalue weighted by Crippen LogP contribution is 2.24. The zero-order chi connectivity index (χ0) is 17.0. The summed E-state index contributed by atoms with van der Waals surface area (Å²) >= 11 is 1.19. The van der Waals surface area contributed by atoms with Crippen LogP contribution in [0.5, 0.6) is 0 Å². The molecule has 6 nitrogen and oxygen atoms in total. The van der Waals surface area contributed by atoms with Crippen molar-refractivity contribution in [1.82, 2.24) is 9.97 Å². The van der Waals surface area contributed by atoms with E-state index in [2.05, 4.69) is 15.3 Å². The molecule has 0 aliphatic carbocycles. The first-order chi connectivity index (χ1) is 10.9. The van der Waals surface area contributed by atoms with Gasteiger partial charge in [0, 0.05) is 11.8 Å². The van der Waals surface area contributed by atoms with Gasteiger partial charge in [0.2, 0.25) is 5.91 Å². The van der Waals surface area contributed by atoms with Crippen molar-refractivity contribution in [2.45, 2.75) is 37.6 Å². The smallest absolute Gasteiger partial charge is 0.253 e. The molecule has 4 N–H and O–H groups in total. The minimum Gasteiger partial charge on any atom is -0.383 e. The molecule has 0 saturated heterocycles. The average molecular weight is 332 g/mol. The van der Waals surface area contributed by atoms with E-state index in [4.69, 9.17) is 5.73 Å². The number of aromatic amines is 1. The SMILES string of the molecule is CCC(Sc1nc(N)cc(=O)[nH]1)C(=O)Nc1ccc(C)cc1C. The summed E-state index contributed by atoms with van der Waals surface area (Å²) in [6.45, 7) is 5.86. The van der Waals surface area contributed by atoms with Crippen LogP contribution in [0, 0.1) is 13.8 Å². The molecule has 0 bridgehead atoms. The molecule has 122 valence electrons. The van der Waals surface area contributed by atoms with Crippen LogP contribution in [-0.4, -0.2) is 21.1 Å². The molecule has 0 fully saturated rings. The molecule has 0 aliphatic heterocycles. The third kappa shape index (κ3) is 4.59. The first kappa shape index (κ1) is 17.1. The average Bonchev–Trinajstić information content (AvgIpc) is 2.46. The molecule has 0 saturated carbocycles. The molecule has 1 heterocycles. The Balaban J connectivity index is 2.13. The summed E-state index contributed by atoms with van der Waals surface area (Å²) < 4.78 is 0. The van der Waals surface area contributed by atoms with Crippen molar-refractivity contribution in [2.75, 3.05) is 11.1 Å². The Hall–Kier alpha value is -2.28. The van der Waals surface area contributed by atoms with Gasteiger partial charge in [0.15, 0.2) is 5.16 Å². The summed E-state index contributed by atoms with van der Waals surface area (Å²) in [5.74, 6) is 0.00965. The Labute approximate surface area is 138 Å². The van der Waals surface area contributed by atoms with Crippen molar-refractivity contribution in [1.29, 1.82) is 0 Å². The Morgan fingerprint density at radius 3 is 2.74 bits per heavy atom. The third-order valence-electron chi connectivity index (χ3n) is 3.30. The minimum absolute atomic E-state index is 0.130. The Kier molecular flexibility index (Phi) is 5.44. The van der Waals surface area contributed by atoms with Crippen molar-refractivity contribution in [3.8, 4) is 0 Å². The summed E-state index contributed by atoms with van der Waals surface area (Å²) in [5.41, 5.74) is 8.17. The predicted molar refractivity (Wildman–Crippen MR) is 93.8 cm³/mol. The number of aromatic nitrogens is 2. The molecule has 0 radical (unpaired) electrons. The number of hydrogen-bond acceptors (Lipinski definition) is 5. The zero-order valence-corrected chi connectivity index (χ0v) is 14.2. The second-order valence-electron chi connectivity index (χ2n) is 5.30. The van der Waals surface area contributed by atoms with Crippen LogP contribution in [0.4, 0.5) is 11.5 Å². The number of benzene rings is 1. The van der Waals surface area contributed by atoms with E-state index >= 15 is 0 Å². The van der Waals surface area contributed by atoms with Gasteiger partial charge in [-0.3, -0.25) is 9.59 Å². The van der Waals surface area contributed by atoms with Crippen molar-refractivity contribution in [3.63, 3.8) is 0 Å². The highest BCUT2D eigenvalue weighted by atomic mass is 32.2. The largest absolute Gasteiger partial charge is 0.383 e. The summed E-state index contributed by atoms with van der Waals surface area (Å²) in [6.07, 6.45) is 0.597. The summed E-state index contributed by atoms with van der Waals surface area (Å²) in [5, 5.41) is 2.90. The number of nitrogens with zero attached hydrogens (tertiary/aromatic N) is 1. The van der Waals surface area contributed by atoms with Crippen molar-refractivity contribution in [2.24, 2.45) is 0 Å².